The lowest BCUT2D eigenvalue weighted by Crippen LogP contribution is -2.51. The third-order valence-corrected chi connectivity index (χ3v) is 9.64. The molecule has 1 atom stereocenters. The second-order valence-electron chi connectivity index (χ2n) is 7.95. The van der Waals surface area contributed by atoms with Gasteiger partial charge in [0, 0.05) is 29.0 Å². The van der Waals surface area contributed by atoms with Crippen LogP contribution in [0.15, 0.2) is 58.3 Å². The van der Waals surface area contributed by atoms with Crippen molar-refractivity contribution in [2.75, 3.05) is 13.1 Å². The number of nitrogens with one attached hydrogen (secondary N) is 1. The minimum absolute atomic E-state index is 0.0135. The Kier molecular flexibility index (Phi) is 6.17. The first-order valence-electron chi connectivity index (χ1n) is 10.1. The highest BCUT2D eigenvalue weighted by Gasteiger charge is 2.51. The van der Waals surface area contributed by atoms with Gasteiger partial charge in [0.2, 0.25) is 15.9 Å². The van der Waals surface area contributed by atoms with E-state index in [0.717, 1.165) is 24.2 Å². The zero-order valence-electron chi connectivity index (χ0n) is 16.8. The topological polar surface area (TPSA) is 66.5 Å². The Balaban J connectivity index is 1.44. The molecule has 0 aromatic heterocycles. The van der Waals surface area contributed by atoms with Crippen LogP contribution in [0.1, 0.15) is 31.2 Å². The lowest BCUT2D eigenvalue weighted by Gasteiger charge is -2.33. The van der Waals surface area contributed by atoms with E-state index in [1.807, 2.05) is 30.3 Å². The molecule has 2 fully saturated rings. The molecule has 0 unspecified atom stereocenters. The predicted octanol–water partition coefficient (Wildman–Crippen LogP) is 4.24. The molecule has 0 spiro atoms. The molecule has 0 radical (unpaired) electrons. The van der Waals surface area contributed by atoms with E-state index in [9.17, 15) is 13.2 Å². The molecule has 5 nitrogen and oxygen atoms in total. The Morgan fingerprint density at radius 1 is 1.17 bits per heavy atom. The van der Waals surface area contributed by atoms with Crippen LogP contribution in [0.4, 0.5) is 0 Å². The third kappa shape index (κ3) is 4.40. The third-order valence-electron chi connectivity index (χ3n) is 5.73. The molecule has 160 valence electrons. The van der Waals surface area contributed by atoms with Crippen LogP contribution >= 0.6 is 23.4 Å². The highest BCUT2D eigenvalue weighted by atomic mass is 35.5. The molecule has 1 saturated heterocycles. The SMILES string of the molecule is Cc1c(Cl)cccc1S(=O)(=O)N1CCC[C@H](NC(=O)C2(Sc3ccccc3)CC2)C1. The van der Waals surface area contributed by atoms with Gasteiger partial charge in [-0.05, 0) is 62.4 Å². The molecule has 30 heavy (non-hydrogen) atoms. The van der Waals surface area contributed by atoms with Crippen LogP contribution in [0, 0.1) is 6.92 Å². The number of amides is 1. The first-order chi connectivity index (χ1) is 14.3. The van der Waals surface area contributed by atoms with E-state index in [1.165, 1.54) is 4.31 Å². The fraction of sp³-hybridized carbons (Fsp3) is 0.409. The van der Waals surface area contributed by atoms with Crippen LogP contribution < -0.4 is 5.32 Å². The molecule has 8 heteroatoms. The number of rotatable bonds is 6. The smallest absolute Gasteiger partial charge is 0.243 e. The Bertz CT molecular complexity index is 1040. The Labute approximate surface area is 187 Å². The summed E-state index contributed by atoms with van der Waals surface area (Å²) in [6.07, 6.45) is 3.17. The van der Waals surface area contributed by atoms with Gasteiger partial charge in [-0.2, -0.15) is 4.31 Å². The van der Waals surface area contributed by atoms with Gasteiger partial charge in [0.05, 0.1) is 9.64 Å². The zero-order valence-corrected chi connectivity index (χ0v) is 19.2. The summed E-state index contributed by atoms with van der Waals surface area (Å²) < 4.78 is 27.4. The molecule has 1 aliphatic heterocycles. The molecule has 2 aromatic rings. The van der Waals surface area contributed by atoms with Gasteiger partial charge in [0.25, 0.3) is 0 Å². The molecular formula is C22H25ClN2O3S2. The van der Waals surface area contributed by atoms with E-state index >= 15 is 0 Å². The van der Waals surface area contributed by atoms with Crippen LogP contribution in [0.25, 0.3) is 0 Å². The minimum atomic E-state index is -3.66. The number of nitrogens with zero attached hydrogens (tertiary/aromatic N) is 1. The second-order valence-corrected chi connectivity index (χ2v) is 11.7. The fourth-order valence-corrected chi connectivity index (χ4v) is 7.01. The molecule has 2 aromatic carbocycles. The molecule has 1 N–H and O–H groups in total. The van der Waals surface area contributed by atoms with Crippen molar-refractivity contribution in [3.05, 3.63) is 59.1 Å². The summed E-state index contributed by atoms with van der Waals surface area (Å²) >= 11 is 7.74. The quantitative estimate of drug-likeness (QED) is 0.694. The maximum atomic E-state index is 13.2. The summed E-state index contributed by atoms with van der Waals surface area (Å²) in [6.45, 7) is 2.45. The van der Waals surface area contributed by atoms with Crippen molar-refractivity contribution in [1.82, 2.24) is 9.62 Å². The number of carbonyl (C=O) groups is 1. The van der Waals surface area contributed by atoms with Gasteiger partial charge in [0.15, 0.2) is 0 Å². The van der Waals surface area contributed by atoms with Gasteiger partial charge < -0.3 is 5.32 Å². The van der Waals surface area contributed by atoms with Gasteiger partial charge in [-0.1, -0.05) is 35.9 Å². The molecule has 1 saturated carbocycles. The van der Waals surface area contributed by atoms with E-state index < -0.39 is 14.8 Å². The Hall–Kier alpha value is -1.54. The van der Waals surface area contributed by atoms with Crippen molar-refractivity contribution < 1.29 is 13.2 Å². The molecular weight excluding hydrogens is 440 g/mol. The molecule has 4 rings (SSSR count). The predicted molar refractivity (Wildman–Crippen MR) is 120 cm³/mol. The average molecular weight is 465 g/mol. The summed E-state index contributed by atoms with van der Waals surface area (Å²) in [5, 5.41) is 3.57. The van der Waals surface area contributed by atoms with E-state index in [-0.39, 0.29) is 23.4 Å². The number of hydrogen-bond donors (Lipinski definition) is 1. The van der Waals surface area contributed by atoms with Crippen LogP contribution in [-0.2, 0) is 14.8 Å². The lowest BCUT2D eigenvalue weighted by atomic mass is 10.1. The fourth-order valence-electron chi connectivity index (χ4n) is 3.80. The van der Waals surface area contributed by atoms with Crippen molar-refractivity contribution >= 4 is 39.3 Å². The van der Waals surface area contributed by atoms with Gasteiger partial charge in [-0.25, -0.2) is 8.42 Å². The van der Waals surface area contributed by atoms with Gasteiger partial charge in [0.1, 0.15) is 0 Å². The molecule has 1 amide bonds. The summed E-state index contributed by atoms with van der Waals surface area (Å²) in [4.78, 5) is 14.3. The number of halogens is 1. The zero-order chi connectivity index (χ0) is 21.4. The maximum absolute atomic E-state index is 13.2. The number of sulfonamides is 1. The number of thioether (sulfide) groups is 1. The maximum Gasteiger partial charge on any atom is 0.243 e. The van der Waals surface area contributed by atoms with Gasteiger partial charge in [-0.15, -0.1) is 11.8 Å². The molecule has 1 heterocycles. The van der Waals surface area contributed by atoms with Crippen LogP contribution in [0.3, 0.4) is 0 Å². The van der Waals surface area contributed by atoms with Gasteiger partial charge in [-0.3, -0.25) is 4.79 Å². The molecule has 0 bridgehead atoms. The monoisotopic (exact) mass is 464 g/mol. The highest BCUT2D eigenvalue weighted by molar-refractivity contribution is 8.01. The summed E-state index contributed by atoms with van der Waals surface area (Å²) in [7, 11) is -3.66. The Morgan fingerprint density at radius 2 is 1.90 bits per heavy atom. The van der Waals surface area contributed by atoms with Crippen molar-refractivity contribution in [2.45, 2.75) is 53.2 Å². The van der Waals surface area contributed by atoms with Crippen LogP contribution in [-0.4, -0.2) is 42.5 Å². The van der Waals surface area contributed by atoms with E-state index in [2.05, 4.69) is 5.32 Å². The summed E-state index contributed by atoms with van der Waals surface area (Å²) in [5.41, 5.74) is 0.557. The normalized spacial score (nSPS) is 21.2. The van der Waals surface area contributed by atoms with Crippen molar-refractivity contribution in [1.29, 1.82) is 0 Å². The van der Waals surface area contributed by atoms with Crippen LogP contribution in [0.2, 0.25) is 5.02 Å². The number of benzene rings is 2. The largest absolute Gasteiger partial charge is 0.351 e. The van der Waals surface area contributed by atoms with E-state index in [1.54, 1.807) is 36.9 Å². The second kappa shape index (κ2) is 8.54. The standard InChI is InChI=1S/C22H25ClN2O3S2/c1-16-19(23)10-5-11-20(16)30(27,28)25-14-6-7-17(15-25)24-21(26)22(12-13-22)29-18-8-3-2-4-9-18/h2-5,8-11,17H,6-7,12-15H2,1H3,(H,24,26)/t17-/m0/s1. The first kappa shape index (κ1) is 21.7. The highest BCUT2D eigenvalue weighted by Crippen LogP contribution is 2.52. The van der Waals surface area contributed by atoms with Crippen molar-refractivity contribution in [3.8, 4) is 0 Å². The van der Waals surface area contributed by atoms with Crippen LogP contribution in [0.5, 0.6) is 0 Å². The lowest BCUT2D eigenvalue weighted by molar-refractivity contribution is -0.122. The number of hydrogen-bond acceptors (Lipinski definition) is 4. The van der Waals surface area contributed by atoms with Gasteiger partial charge >= 0.3 is 0 Å². The minimum Gasteiger partial charge on any atom is -0.351 e. The van der Waals surface area contributed by atoms with E-state index in [4.69, 9.17) is 11.6 Å². The average Bonchev–Trinajstić information content (AvgIpc) is 3.51. The summed E-state index contributed by atoms with van der Waals surface area (Å²) in [5.74, 6) is 0.0135. The number of piperidine rings is 1. The Morgan fingerprint density at radius 3 is 2.60 bits per heavy atom. The van der Waals surface area contributed by atoms with Crippen molar-refractivity contribution in [2.24, 2.45) is 0 Å². The molecule has 1 aliphatic carbocycles. The van der Waals surface area contributed by atoms with E-state index in [0.29, 0.717) is 23.6 Å². The number of carbonyl (C=O) groups excluding carboxylic acids is 1. The van der Waals surface area contributed by atoms with Crippen molar-refractivity contribution in [3.63, 3.8) is 0 Å². The first-order valence-corrected chi connectivity index (χ1v) is 12.8. The molecule has 2 aliphatic rings. The summed E-state index contributed by atoms with van der Waals surface area (Å²) in [6, 6.07) is 14.7.